The second-order valence-corrected chi connectivity index (χ2v) is 8.49. The fraction of sp³-hybridized carbons (Fsp3) is 0.429. The summed E-state index contributed by atoms with van der Waals surface area (Å²) in [5.74, 6) is 2.58. The zero-order valence-corrected chi connectivity index (χ0v) is 15.1. The van der Waals surface area contributed by atoms with Gasteiger partial charge in [0.25, 0.3) is 0 Å². The van der Waals surface area contributed by atoms with Crippen LogP contribution in [0.4, 0.5) is 4.39 Å². The fourth-order valence-corrected chi connectivity index (χ4v) is 5.38. The van der Waals surface area contributed by atoms with Crippen molar-refractivity contribution in [3.05, 3.63) is 59.9 Å². The van der Waals surface area contributed by atoms with E-state index in [1.54, 1.807) is 17.8 Å². The molecule has 1 N–H and O–H groups in total. The Morgan fingerprint density at radius 1 is 1.04 bits per heavy atom. The van der Waals surface area contributed by atoms with E-state index in [0.29, 0.717) is 0 Å². The Labute approximate surface area is 153 Å². The Balaban J connectivity index is 1.26. The van der Waals surface area contributed by atoms with E-state index in [9.17, 15) is 9.50 Å². The van der Waals surface area contributed by atoms with Crippen molar-refractivity contribution in [2.24, 2.45) is 17.8 Å². The van der Waals surface area contributed by atoms with Crippen LogP contribution < -0.4 is 0 Å². The third kappa shape index (κ3) is 4.01. The number of aromatic hydroxyl groups is 1. The molecule has 2 aliphatic rings. The van der Waals surface area contributed by atoms with Gasteiger partial charge in [0.2, 0.25) is 0 Å². The van der Waals surface area contributed by atoms with Gasteiger partial charge >= 0.3 is 0 Å². The number of benzene rings is 2. The molecule has 132 valence electrons. The molecule has 3 atom stereocenters. The number of nitrogens with zero attached hydrogens (tertiary/aromatic N) is 1. The minimum absolute atomic E-state index is 0.274. The van der Waals surface area contributed by atoms with Crippen LogP contribution in [0.1, 0.15) is 18.4 Å². The highest BCUT2D eigenvalue weighted by Gasteiger charge is 2.40. The summed E-state index contributed by atoms with van der Waals surface area (Å²) in [5.41, 5.74) is 1.47. The van der Waals surface area contributed by atoms with Gasteiger partial charge in [-0.05, 0) is 60.8 Å². The Bertz CT molecular complexity index is 709. The van der Waals surface area contributed by atoms with Crippen molar-refractivity contribution in [1.29, 1.82) is 0 Å². The third-order valence-electron chi connectivity index (χ3n) is 5.62. The molecule has 4 heteroatoms. The first-order valence-electron chi connectivity index (χ1n) is 9.05. The van der Waals surface area contributed by atoms with Crippen molar-refractivity contribution in [1.82, 2.24) is 4.90 Å². The predicted molar refractivity (Wildman–Crippen MR) is 100 cm³/mol. The molecule has 2 fully saturated rings. The summed E-state index contributed by atoms with van der Waals surface area (Å²) in [6.45, 7) is 2.34. The first-order valence-corrected chi connectivity index (χ1v) is 10.0. The highest BCUT2D eigenvalue weighted by Crippen LogP contribution is 2.43. The molecule has 1 heterocycles. The Hall–Kier alpha value is -1.52. The van der Waals surface area contributed by atoms with Gasteiger partial charge in [-0.2, -0.15) is 0 Å². The normalized spacial score (nSPS) is 26.0. The van der Waals surface area contributed by atoms with E-state index in [4.69, 9.17) is 0 Å². The quantitative estimate of drug-likeness (QED) is 0.779. The lowest BCUT2D eigenvalue weighted by Crippen LogP contribution is -2.22. The summed E-state index contributed by atoms with van der Waals surface area (Å²) in [6, 6.07) is 15.5. The summed E-state index contributed by atoms with van der Waals surface area (Å²) in [4.78, 5) is 3.39. The van der Waals surface area contributed by atoms with E-state index in [-0.39, 0.29) is 5.75 Å². The first-order chi connectivity index (χ1) is 12.2. The second kappa shape index (κ2) is 7.38. The third-order valence-corrected chi connectivity index (χ3v) is 6.71. The molecule has 0 radical (unpaired) electrons. The Kier molecular flexibility index (Phi) is 5.00. The SMILES string of the molecule is Oc1ccc(SCN2C[C@H]3CC(Cc4ccccc4)C[C@H]3C2)cc1F. The highest BCUT2D eigenvalue weighted by molar-refractivity contribution is 7.99. The lowest BCUT2D eigenvalue weighted by atomic mass is 9.96. The maximum Gasteiger partial charge on any atom is 0.165 e. The number of fused-ring (bicyclic) bond motifs is 1. The molecule has 1 saturated carbocycles. The van der Waals surface area contributed by atoms with Crippen molar-refractivity contribution >= 4 is 11.8 Å². The number of rotatable bonds is 5. The van der Waals surface area contributed by atoms with Gasteiger partial charge in [0.1, 0.15) is 0 Å². The molecule has 1 unspecified atom stereocenters. The van der Waals surface area contributed by atoms with Crippen molar-refractivity contribution in [3.8, 4) is 5.75 Å². The van der Waals surface area contributed by atoms with Crippen molar-refractivity contribution in [2.75, 3.05) is 19.0 Å². The van der Waals surface area contributed by atoms with Gasteiger partial charge in [0.15, 0.2) is 11.6 Å². The molecule has 2 aromatic rings. The van der Waals surface area contributed by atoms with Crippen LogP contribution in [0.5, 0.6) is 5.75 Å². The van der Waals surface area contributed by atoms with E-state index in [1.807, 2.05) is 0 Å². The molecular formula is C21H24FNOS. The minimum Gasteiger partial charge on any atom is -0.505 e. The van der Waals surface area contributed by atoms with Gasteiger partial charge in [-0.15, -0.1) is 11.8 Å². The molecule has 1 aliphatic carbocycles. The first kappa shape index (κ1) is 16.9. The zero-order chi connectivity index (χ0) is 17.2. The van der Waals surface area contributed by atoms with E-state index in [1.165, 1.54) is 50.0 Å². The standard InChI is InChI=1S/C21H24FNOS/c22-20-11-19(6-7-21(20)24)25-14-23-12-17-9-16(10-18(17)13-23)8-15-4-2-1-3-5-15/h1-7,11,16-18,24H,8-10,12-14H2/t16?,17-,18+. The van der Waals surface area contributed by atoms with Gasteiger partial charge in [-0.3, -0.25) is 4.90 Å². The molecule has 4 rings (SSSR count). The summed E-state index contributed by atoms with van der Waals surface area (Å²) < 4.78 is 13.4. The van der Waals surface area contributed by atoms with Crippen LogP contribution in [-0.4, -0.2) is 29.0 Å². The van der Waals surface area contributed by atoms with Crippen LogP contribution >= 0.6 is 11.8 Å². The molecule has 0 spiro atoms. The van der Waals surface area contributed by atoms with E-state index in [0.717, 1.165) is 28.5 Å². The fourth-order valence-electron chi connectivity index (χ4n) is 4.49. The number of hydrogen-bond acceptors (Lipinski definition) is 3. The molecule has 0 aromatic heterocycles. The van der Waals surface area contributed by atoms with Crippen LogP contribution in [0.15, 0.2) is 53.4 Å². The molecule has 25 heavy (non-hydrogen) atoms. The zero-order valence-electron chi connectivity index (χ0n) is 14.3. The number of likely N-dealkylation sites (tertiary alicyclic amines) is 1. The van der Waals surface area contributed by atoms with Crippen LogP contribution in [0.3, 0.4) is 0 Å². The van der Waals surface area contributed by atoms with Crippen molar-refractivity contribution in [2.45, 2.75) is 24.2 Å². The summed E-state index contributed by atoms with van der Waals surface area (Å²) in [6.07, 6.45) is 3.90. The maximum atomic E-state index is 13.4. The summed E-state index contributed by atoms with van der Waals surface area (Å²) >= 11 is 1.66. The maximum absolute atomic E-state index is 13.4. The van der Waals surface area contributed by atoms with Gasteiger partial charge in [-0.1, -0.05) is 30.3 Å². The minimum atomic E-state index is -0.535. The Morgan fingerprint density at radius 2 is 1.76 bits per heavy atom. The molecule has 0 amide bonds. The lowest BCUT2D eigenvalue weighted by Gasteiger charge is -2.18. The van der Waals surface area contributed by atoms with Crippen molar-refractivity contribution < 1.29 is 9.50 Å². The molecule has 0 bridgehead atoms. The average Bonchev–Trinajstić information content (AvgIpc) is 3.15. The highest BCUT2D eigenvalue weighted by atomic mass is 32.2. The lowest BCUT2D eigenvalue weighted by molar-refractivity contribution is 0.341. The number of phenolic OH excluding ortho intramolecular Hbond substituents is 1. The number of hydrogen-bond donors (Lipinski definition) is 1. The van der Waals surface area contributed by atoms with Crippen LogP contribution in [0.25, 0.3) is 0 Å². The monoisotopic (exact) mass is 357 g/mol. The smallest absolute Gasteiger partial charge is 0.165 e. The van der Waals surface area contributed by atoms with Gasteiger partial charge in [0, 0.05) is 23.9 Å². The average molecular weight is 357 g/mol. The summed E-state index contributed by atoms with van der Waals surface area (Å²) in [7, 11) is 0. The number of phenols is 1. The largest absolute Gasteiger partial charge is 0.505 e. The van der Waals surface area contributed by atoms with E-state index in [2.05, 4.69) is 35.2 Å². The molecule has 1 saturated heterocycles. The number of halogens is 1. The van der Waals surface area contributed by atoms with Gasteiger partial charge in [-0.25, -0.2) is 4.39 Å². The van der Waals surface area contributed by atoms with Crippen molar-refractivity contribution in [3.63, 3.8) is 0 Å². The van der Waals surface area contributed by atoms with Crippen LogP contribution in [0.2, 0.25) is 0 Å². The van der Waals surface area contributed by atoms with Crippen LogP contribution in [0, 0.1) is 23.6 Å². The summed E-state index contributed by atoms with van der Waals surface area (Å²) in [5, 5.41) is 9.27. The topological polar surface area (TPSA) is 23.5 Å². The van der Waals surface area contributed by atoms with E-state index >= 15 is 0 Å². The number of thioether (sulfide) groups is 1. The molecule has 1 aliphatic heterocycles. The molecule has 2 nitrogen and oxygen atoms in total. The van der Waals surface area contributed by atoms with Crippen LogP contribution in [-0.2, 0) is 6.42 Å². The Morgan fingerprint density at radius 3 is 2.44 bits per heavy atom. The van der Waals surface area contributed by atoms with E-state index < -0.39 is 5.82 Å². The van der Waals surface area contributed by atoms with Gasteiger partial charge < -0.3 is 5.11 Å². The van der Waals surface area contributed by atoms with Gasteiger partial charge in [0.05, 0.1) is 0 Å². The molecular weight excluding hydrogens is 333 g/mol. The molecule has 2 aromatic carbocycles. The predicted octanol–water partition coefficient (Wildman–Crippen LogP) is 4.78. The second-order valence-electron chi connectivity index (χ2n) is 7.47.